The molecule has 18 heavy (non-hydrogen) atoms. The smallest absolute Gasteiger partial charge is 0.311 e. The lowest BCUT2D eigenvalue weighted by Gasteiger charge is -2.14. The molecule has 96 valence electrons. The lowest BCUT2D eigenvalue weighted by molar-refractivity contribution is -0.385. The Morgan fingerprint density at radius 3 is 2.61 bits per heavy atom. The maximum absolute atomic E-state index is 10.8. The quantitative estimate of drug-likeness (QED) is 0.483. The first-order valence-electron chi connectivity index (χ1n) is 4.70. The van der Waals surface area contributed by atoms with E-state index in [1.54, 1.807) is 0 Å². The Labute approximate surface area is 107 Å². The van der Waals surface area contributed by atoms with Gasteiger partial charge in [0.1, 0.15) is 6.10 Å². The van der Waals surface area contributed by atoms with Crippen LogP contribution in [0.4, 0.5) is 5.69 Å². The first-order chi connectivity index (χ1) is 8.42. The lowest BCUT2D eigenvalue weighted by atomic mass is 10.0. The summed E-state index contributed by atoms with van der Waals surface area (Å²) in [6, 6.07) is 3.52. The number of benzene rings is 1. The molecule has 0 aliphatic heterocycles. The Kier molecular flexibility index (Phi) is 4.44. The monoisotopic (exact) mass is 272 g/mol. The van der Waals surface area contributed by atoms with Crippen LogP contribution in [-0.2, 0) is 0 Å². The van der Waals surface area contributed by atoms with Gasteiger partial charge in [0.2, 0.25) is 0 Å². The van der Waals surface area contributed by atoms with Gasteiger partial charge in [0.25, 0.3) is 0 Å². The molecule has 0 bridgehead atoms. The predicted octanol–water partition coefficient (Wildman–Crippen LogP) is 1.17. The number of nitrogens with zero attached hydrogens (tertiary/aromatic N) is 2. The number of hydrogen-bond acceptors (Lipinski definition) is 6. The zero-order chi connectivity index (χ0) is 13.9. The van der Waals surface area contributed by atoms with E-state index >= 15 is 0 Å². The number of methoxy groups -OCH3 is 1. The van der Waals surface area contributed by atoms with E-state index in [0.29, 0.717) is 0 Å². The minimum absolute atomic E-state index is 0.0424. The van der Waals surface area contributed by atoms with Gasteiger partial charge in [-0.3, -0.25) is 10.1 Å². The largest absolute Gasteiger partial charge is 0.490 e. The highest BCUT2D eigenvalue weighted by Gasteiger charge is 2.26. The molecule has 0 saturated carbocycles. The highest BCUT2D eigenvalue weighted by Crippen LogP contribution is 2.36. The molecule has 1 aromatic rings. The van der Waals surface area contributed by atoms with Crippen LogP contribution in [0.5, 0.6) is 5.75 Å². The summed E-state index contributed by atoms with van der Waals surface area (Å²) < 4.78 is 4.77. The predicted molar refractivity (Wildman–Crippen MR) is 61.2 cm³/mol. The fourth-order valence-electron chi connectivity index (χ4n) is 1.33. The van der Waals surface area contributed by atoms with Crippen molar-refractivity contribution >= 4 is 17.3 Å². The number of rotatable bonds is 4. The van der Waals surface area contributed by atoms with Crippen LogP contribution in [-0.4, -0.2) is 28.4 Å². The van der Waals surface area contributed by atoms with E-state index in [9.17, 15) is 20.3 Å². The standard InChI is InChI=1S/C10H9ClN2O5/c1-18-9-3-6(11)5(2-7(9)13(16)17)10(15)8(14)4-12/h2-3,8,10,14-15H,1H3. The van der Waals surface area contributed by atoms with E-state index < -0.39 is 22.8 Å². The second-order valence-corrected chi connectivity index (χ2v) is 3.73. The number of aliphatic hydroxyl groups is 2. The summed E-state index contributed by atoms with van der Waals surface area (Å²) in [7, 11) is 1.24. The molecule has 0 spiro atoms. The number of nitro benzene ring substituents is 1. The molecule has 0 amide bonds. The number of nitro groups is 1. The summed E-state index contributed by atoms with van der Waals surface area (Å²) in [5.74, 6) is -0.0765. The van der Waals surface area contributed by atoms with Gasteiger partial charge in [0.05, 0.1) is 23.1 Å². The summed E-state index contributed by atoms with van der Waals surface area (Å²) in [4.78, 5) is 10.1. The second kappa shape index (κ2) is 5.64. The zero-order valence-corrected chi connectivity index (χ0v) is 9.96. The number of ether oxygens (including phenoxy) is 1. The van der Waals surface area contributed by atoms with E-state index in [1.165, 1.54) is 13.2 Å². The first-order valence-corrected chi connectivity index (χ1v) is 5.07. The molecular weight excluding hydrogens is 264 g/mol. The molecule has 2 N–H and O–H groups in total. The van der Waals surface area contributed by atoms with Gasteiger partial charge < -0.3 is 14.9 Å². The fourth-order valence-corrected chi connectivity index (χ4v) is 1.60. The van der Waals surface area contributed by atoms with Gasteiger partial charge in [-0.15, -0.1) is 0 Å². The van der Waals surface area contributed by atoms with Gasteiger partial charge in [-0.25, -0.2) is 0 Å². The minimum Gasteiger partial charge on any atom is -0.490 e. The maximum Gasteiger partial charge on any atom is 0.311 e. The van der Waals surface area contributed by atoms with Crippen LogP contribution >= 0.6 is 11.6 Å². The molecule has 0 heterocycles. The van der Waals surface area contributed by atoms with Crippen molar-refractivity contribution in [1.29, 1.82) is 5.26 Å². The number of aliphatic hydroxyl groups excluding tert-OH is 2. The van der Waals surface area contributed by atoms with Crippen LogP contribution in [0, 0.1) is 21.4 Å². The van der Waals surface area contributed by atoms with E-state index in [2.05, 4.69) is 0 Å². The SMILES string of the molecule is COc1cc(Cl)c(C(O)C(O)C#N)cc1[N+](=O)[O-]. The second-order valence-electron chi connectivity index (χ2n) is 3.32. The van der Waals surface area contributed by atoms with Crippen molar-refractivity contribution in [2.24, 2.45) is 0 Å². The molecule has 1 rings (SSSR count). The average molecular weight is 273 g/mol. The summed E-state index contributed by atoms with van der Waals surface area (Å²) >= 11 is 5.80. The molecule has 0 aromatic heterocycles. The molecule has 1 aromatic carbocycles. The van der Waals surface area contributed by atoms with Gasteiger partial charge in [-0.2, -0.15) is 5.26 Å². The van der Waals surface area contributed by atoms with Gasteiger partial charge in [-0.1, -0.05) is 11.6 Å². The van der Waals surface area contributed by atoms with Crippen LogP contribution in [0.2, 0.25) is 5.02 Å². The minimum atomic E-state index is -1.73. The third-order valence-electron chi connectivity index (χ3n) is 2.24. The molecule has 0 aliphatic rings. The highest BCUT2D eigenvalue weighted by atomic mass is 35.5. The molecule has 0 aliphatic carbocycles. The Hall–Kier alpha value is -1.88. The van der Waals surface area contributed by atoms with Crippen LogP contribution in [0.25, 0.3) is 0 Å². The number of hydrogen-bond donors (Lipinski definition) is 2. The summed E-state index contributed by atoms with van der Waals surface area (Å²) in [5, 5.41) is 38.0. The summed E-state index contributed by atoms with van der Waals surface area (Å²) in [5.41, 5.74) is -0.528. The van der Waals surface area contributed by atoms with Crippen molar-refractivity contribution in [3.8, 4) is 11.8 Å². The van der Waals surface area contributed by atoms with Crippen molar-refractivity contribution in [1.82, 2.24) is 0 Å². The van der Waals surface area contributed by atoms with E-state index in [0.717, 1.165) is 12.1 Å². The van der Waals surface area contributed by atoms with Crippen molar-refractivity contribution in [3.63, 3.8) is 0 Å². The zero-order valence-electron chi connectivity index (χ0n) is 9.20. The van der Waals surface area contributed by atoms with Crippen molar-refractivity contribution in [2.45, 2.75) is 12.2 Å². The Morgan fingerprint density at radius 1 is 1.56 bits per heavy atom. The summed E-state index contributed by atoms with van der Waals surface area (Å²) in [6.07, 6.45) is -3.36. The normalized spacial score (nSPS) is 13.5. The lowest BCUT2D eigenvalue weighted by Crippen LogP contribution is -2.16. The number of halogens is 1. The Bertz CT molecular complexity index is 514. The number of nitriles is 1. The fraction of sp³-hybridized carbons (Fsp3) is 0.300. The molecule has 7 nitrogen and oxygen atoms in total. The van der Waals surface area contributed by atoms with Gasteiger partial charge in [-0.05, 0) is 0 Å². The van der Waals surface area contributed by atoms with Crippen molar-refractivity contribution < 1.29 is 19.9 Å². The molecule has 2 unspecified atom stereocenters. The van der Waals surface area contributed by atoms with Gasteiger partial charge in [0.15, 0.2) is 11.9 Å². The third-order valence-corrected chi connectivity index (χ3v) is 2.57. The summed E-state index contributed by atoms with van der Waals surface area (Å²) in [6.45, 7) is 0. The van der Waals surface area contributed by atoms with Crippen LogP contribution < -0.4 is 4.74 Å². The van der Waals surface area contributed by atoms with Crippen LogP contribution in [0.1, 0.15) is 11.7 Å². The molecule has 8 heteroatoms. The molecule has 2 atom stereocenters. The van der Waals surface area contributed by atoms with Crippen LogP contribution in [0.15, 0.2) is 12.1 Å². The molecule has 0 saturated heterocycles. The third kappa shape index (κ3) is 2.68. The Morgan fingerprint density at radius 2 is 2.17 bits per heavy atom. The highest BCUT2D eigenvalue weighted by molar-refractivity contribution is 6.31. The van der Waals surface area contributed by atoms with E-state index in [1.807, 2.05) is 0 Å². The molecule has 0 radical (unpaired) electrons. The van der Waals surface area contributed by atoms with Crippen molar-refractivity contribution in [2.75, 3.05) is 7.11 Å². The maximum atomic E-state index is 10.8. The van der Waals surface area contributed by atoms with Crippen LogP contribution in [0.3, 0.4) is 0 Å². The topological polar surface area (TPSA) is 117 Å². The van der Waals surface area contributed by atoms with Gasteiger partial charge in [0, 0.05) is 17.7 Å². The van der Waals surface area contributed by atoms with E-state index in [-0.39, 0.29) is 16.3 Å². The van der Waals surface area contributed by atoms with E-state index in [4.69, 9.17) is 21.6 Å². The Balaban J connectivity index is 3.34. The first kappa shape index (κ1) is 14.2. The van der Waals surface area contributed by atoms with Crippen molar-refractivity contribution in [3.05, 3.63) is 32.8 Å². The molecular formula is C10H9ClN2O5. The molecule has 0 fully saturated rings. The van der Waals surface area contributed by atoms with Gasteiger partial charge >= 0.3 is 5.69 Å². The average Bonchev–Trinajstić information content (AvgIpc) is 2.36.